The van der Waals surface area contributed by atoms with Crippen LogP contribution >= 0.6 is 0 Å². The van der Waals surface area contributed by atoms with Gasteiger partial charge in [-0.1, -0.05) is 0 Å². The van der Waals surface area contributed by atoms with Gasteiger partial charge in [0.25, 0.3) is 5.91 Å². The van der Waals surface area contributed by atoms with Crippen molar-refractivity contribution in [2.75, 3.05) is 6.54 Å². The van der Waals surface area contributed by atoms with Crippen molar-refractivity contribution in [1.29, 1.82) is 0 Å². The summed E-state index contributed by atoms with van der Waals surface area (Å²) in [7, 11) is 1.71. The van der Waals surface area contributed by atoms with Gasteiger partial charge in [0.1, 0.15) is 5.82 Å². The van der Waals surface area contributed by atoms with E-state index in [0.717, 1.165) is 5.69 Å². The van der Waals surface area contributed by atoms with Crippen LogP contribution in [0.15, 0.2) is 24.3 Å². The Morgan fingerprint density at radius 3 is 2.78 bits per heavy atom. The van der Waals surface area contributed by atoms with Crippen LogP contribution in [0.1, 0.15) is 37.8 Å². The fourth-order valence-corrected chi connectivity index (χ4v) is 3.62. The maximum Gasteiger partial charge on any atom is 0.356 e. The summed E-state index contributed by atoms with van der Waals surface area (Å²) in [6, 6.07) is 5.83. The Hall–Kier alpha value is -3.29. The van der Waals surface area contributed by atoms with Crippen molar-refractivity contribution in [1.82, 2.24) is 19.7 Å². The molecule has 0 saturated carbocycles. The highest BCUT2D eigenvalue weighted by Gasteiger charge is 2.30. The molecule has 3 heterocycles. The second-order valence-electron chi connectivity index (χ2n) is 6.65. The van der Waals surface area contributed by atoms with Gasteiger partial charge in [0.15, 0.2) is 5.69 Å². The average molecular weight is 368 g/mol. The number of carbonyl (C=O) groups is 2. The summed E-state index contributed by atoms with van der Waals surface area (Å²) in [5.74, 6) is -1.76. The van der Waals surface area contributed by atoms with E-state index >= 15 is 0 Å². The summed E-state index contributed by atoms with van der Waals surface area (Å²) < 4.78 is 15.1. The molecule has 0 atom stereocenters. The van der Waals surface area contributed by atoms with Crippen molar-refractivity contribution in [3.8, 4) is 0 Å². The van der Waals surface area contributed by atoms with Crippen molar-refractivity contribution in [2.24, 2.45) is 7.05 Å². The third-order valence-corrected chi connectivity index (χ3v) is 4.86. The Morgan fingerprint density at radius 1 is 1.26 bits per heavy atom. The molecular formula is C19H17FN4O3. The van der Waals surface area contributed by atoms with Crippen LogP contribution in [0.2, 0.25) is 0 Å². The zero-order valence-corrected chi connectivity index (χ0v) is 14.9. The van der Waals surface area contributed by atoms with E-state index in [0.29, 0.717) is 40.7 Å². The SMILES string of the molecule is Cc1cc(C(=O)N2CCc3c(c(C(=O)O)nn3C)C2)c2ccc(F)cc2n1. The number of halogens is 1. The van der Waals surface area contributed by atoms with E-state index in [1.807, 2.05) is 0 Å². The number of hydrogen-bond donors (Lipinski definition) is 1. The first-order valence-corrected chi connectivity index (χ1v) is 8.49. The second kappa shape index (κ2) is 6.15. The molecule has 27 heavy (non-hydrogen) atoms. The van der Waals surface area contributed by atoms with Crippen LogP contribution in [0.25, 0.3) is 10.9 Å². The molecule has 0 saturated heterocycles. The molecule has 0 spiro atoms. The summed E-state index contributed by atoms with van der Waals surface area (Å²) in [5, 5.41) is 14.0. The van der Waals surface area contributed by atoms with Gasteiger partial charge in [-0.3, -0.25) is 14.5 Å². The Bertz CT molecular complexity index is 1100. The van der Waals surface area contributed by atoms with Crippen LogP contribution < -0.4 is 0 Å². The van der Waals surface area contributed by atoms with Gasteiger partial charge < -0.3 is 10.0 Å². The van der Waals surface area contributed by atoms with Crippen LogP contribution in [0.3, 0.4) is 0 Å². The molecular weight excluding hydrogens is 351 g/mol. The molecule has 1 aromatic carbocycles. The van der Waals surface area contributed by atoms with Crippen molar-refractivity contribution >= 4 is 22.8 Å². The number of fused-ring (bicyclic) bond motifs is 2. The Kier molecular flexibility index (Phi) is 3.91. The predicted octanol–water partition coefficient (Wildman–Crippen LogP) is 2.31. The van der Waals surface area contributed by atoms with Gasteiger partial charge in [0.05, 0.1) is 17.6 Å². The third-order valence-electron chi connectivity index (χ3n) is 4.86. The maximum absolute atomic E-state index is 13.5. The Labute approximate surface area is 154 Å². The summed E-state index contributed by atoms with van der Waals surface area (Å²) >= 11 is 0. The lowest BCUT2D eigenvalue weighted by molar-refractivity contribution is 0.0674. The molecule has 1 aliphatic rings. The monoisotopic (exact) mass is 368 g/mol. The van der Waals surface area contributed by atoms with Gasteiger partial charge in [-0.15, -0.1) is 0 Å². The second-order valence-corrected chi connectivity index (χ2v) is 6.65. The van der Waals surface area contributed by atoms with E-state index in [9.17, 15) is 19.1 Å². The van der Waals surface area contributed by atoms with Crippen molar-refractivity contribution in [3.63, 3.8) is 0 Å². The molecule has 0 radical (unpaired) electrons. The number of aryl methyl sites for hydroxylation is 2. The minimum Gasteiger partial charge on any atom is -0.476 e. The minimum atomic E-state index is -1.11. The number of nitrogens with zero attached hydrogens (tertiary/aromatic N) is 4. The largest absolute Gasteiger partial charge is 0.476 e. The van der Waals surface area contributed by atoms with Gasteiger partial charge >= 0.3 is 5.97 Å². The first kappa shape index (κ1) is 17.1. The number of carboxylic acid groups (broad SMARTS) is 1. The number of carbonyl (C=O) groups excluding carboxylic acids is 1. The number of aromatic nitrogens is 3. The third kappa shape index (κ3) is 2.83. The lowest BCUT2D eigenvalue weighted by atomic mass is 10.0. The molecule has 8 heteroatoms. The quantitative estimate of drug-likeness (QED) is 0.750. The normalized spacial score (nSPS) is 13.7. The minimum absolute atomic E-state index is 0.0251. The van der Waals surface area contributed by atoms with Crippen molar-refractivity contribution in [2.45, 2.75) is 19.9 Å². The molecule has 0 bridgehead atoms. The molecule has 138 valence electrons. The number of carboxylic acids is 1. The van der Waals surface area contributed by atoms with E-state index < -0.39 is 11.8 Å². The molecule has 1 N–H and O–H groups in total. The predicted molar refractivity (Wildman–Crippen MR) is 95.0 cm³/mol. The van der Waals surface area contributed by atoms with Crippen LogP contribution in [0.4, 0.5) is 4.39 Å². The van der Waals surface area contributed by atoms with Gasteiger partial charge in [0, 0.05) is 48.4 Å². The maximum atomic E-state index is 13.5. The number of benzene rings is 1. The zero-order chi connectivity index (χ0) is 19.3. The lowest BCUT2D eigenvalue weighted by Crippen LogP contribution is -2.36. The smallest absolute Gasteiger partial charge is 0.356 e. The number of rotatable bonds is 2. The molecule has 3 aromatic rings. The highest BCUT2D eigenvalue weighted by atomic mass is 19.1. The standard InChI is InChI=1S/C19H17FN4O3/c1-10-7-13(12-4-3-11(20)8-15(12)21-10)18(25)24-6-5-16-14(9-24)17(19(26)27)22-23(16)2/h3-4,7-8H,5-6,9H2,1-2H3,(H,26,27). The topological polar surface area (TPSA) is 88.3 Å². The molecule has 7 nitrogen and oxygen atoms in total. The Balaban J connectivity index is 1.75. The molecule has 0 aliphatic carbocycles. The van der Waals surface area contributed by atoms with Gasteiger partial charge in [-0.25, -0.2) is 9.18 Å². The van der Waals surface area contributed by atoms with Crippen LogP contribution in [0.5, 0.6) is 0 Å². The highest BCUT2D eigenvalue weighted by molar-refractivity contribution is 6.06. The van der Waals surface area contributed by atoms with E-state index in [1.54, 1.807) is 35.7 Å². The first-order chi connectivity index (χ1) is 12.8. The molecule has 2 aromatic heterocycles. The van der Waals surface area contributed by atoms with E-state index in [1.165, 1.54) is 12.1 Å². The number of hydrogen-bond acceptors (Lipinski definition) is 4. The molecule has 4 rings (SSSR count). The fraction of sp³-hybridized carbons (Fsp3) is 0.263. The Morgan fingerprint density at radius 2 is 2.04 bits per heavy atom. The van der Waals surface area contributed by atoms with Gasteiger partial charge in [-0.2, -0.15) is 5.10 Å². The van der Waals surface area contributed by atoms with Crippen LogP contribution in [-0.4, -0.2) is 43.2 Å². The fourth-order valence-electron chi connectivity index (χ4n) is 3.62. The van der Waals surface area contributed by atoms with Gasteiger partial charge in [-0.05, 0) is 25.1 Å². The average Bonchev–Trinajstić information content (AvgIpc) is 2.96. The zero-order valence-electron chi connectivity index (χ0n) is 14.9. The number of aromatic carboxylic acids is 1. The molecule has 1 amide bonds. The van der Waals surface area contributed by atoms with E-state index in [-0.39, 0.29) is 18.1 Å². The van der Waals surface area contributed by atoms with Gasteiger partial charge in [0.2, 0.25) is 0 Å². The summed E-state index contributed by atoms with van der Waals surface area (Å²) in [4.78, 5) is 30.5. The summed E-state index contributed by atoms with van der Waals surface area (Å²) in [6.07, 6.45) is 0.522. The van der Waals surface area contributed by atoms with E-state index in [2.05, 4.69) is 10.1 Å². The number of pyridine rings is 1. The van der Waals surface area contributed by atoms with Crippen molar-refractivity contribution < 1.29 is 19.1 Å². The molecule has 1 aliphatic heterocycles. The lowest BCUT2D eigenvalue weighted by Gasteiger charge is -2.28. The molecule has 0 fully saturated rings. The highest BCUT2D eigenvalue weighted by Crippen LogP contribution is 2.26. The van der Waals surface area contributed by atoms with Crippen LogP contribution in [0, 0.1) is 12.7 Å². The first-order valence-electron chi connectivity index (χ1n) is 8.49. The summed E-state index contributed by atoms with van der Waals surface area (Å²) in [5.41, 5.74) is 2.83. The van der Waals surface area contributed by atoms with E-state index in [4.69, 9.17) is 0 Å². The molecule has 0 unspecified atom stereocenters. The number of amides is 1. The summed E-state index contributed by atoms with van der Waals surface area (Å²) in [6.45, 7) is 2.38. The van der Waals surface area contributed by atoms with Crippen LogP contribution in [-0.2, 0) is 20.0 Å². The van der Waals surface area contributed by atoms with Crippen molar-refractivity contribution in [3.05, 3.63) is 58.3 Å².